The van der Waals surface area contributed by atoms with Crippen LogP contribution < -0.4 is 9.47 Å². The van der Waals surface area contributed by atoms with Gasteiger partial charge in [0.05, 0.1) is 6.61 Å². The van der Waals surface area contributed by atoms with Gasteiger partial charge < -0.3 is 9.47 Å². The first-order valence-corrected chi connectivity index (χ1v) is 5.11. The first kappa shape index (κ1) is 10.8. The van der Waals surface area contributed by atoms with E-state index in [4.69, 9.17) is 9.47 Å². The molecule has 0 unspecified atom stereocenters. The van der Waals surface area contributed by atoms with Gasteiger partial charge in [0.1, 0.15) is 0 Å². The predicted molar refractivity (Wildman–Crippen MR) is 55.9 cm³/mol. The van der Waals surface area contributed by atoms with Crippen LogP contribution in [0.25, 0.3) is 0 Å². The zero-order chi connectivity index (χ0) is 10.6. The van der Waals surface area contributed by atoms with Crippen LogP contribution in [0.5, 0.6) is 10.8 Å². The van der Waals surface area contributed by atoms with E-state index in [1.807, 2.05) is 12.3 Å². The van der Waals surface area contributed by atoms with Crippen molar-refractivity contribution in [2.45, 2.75) is 13.8 Å². The van der Waals surface area contributed by atoms with Crippen LogP contribution in [0.3, 0.4) is 0 Å². The van der Waals surface area contributed by atoms with E-state index in [1.165, 1.54) is 11.3 Å². The molecular weight excluding hydrogens is 200 g/mol. The number of hydrogen-bond donors (Lipinski definition) is 0. The molecule has 0 aliphatic rings. The van der Waals surface area contributed by atoms with Gasteiger partial charge in [0.25, 0.3) is 0 Å². The van der Waals surface area contributed by atoms with Crippen LogP contribution in [0.4, 0.5) is 0 Å². The maximum Gasteiger partial charge on any atom is 0.339 e. The van der Waals surface area contributed by atoms with Crippen molar-refractivity contribution >= 4 is 17.3 Å². The van der Waals surface area contributed by atoms with Crippen molar-refractivity contribution in [3.8, 4) is 10.8 Å². The SMILES string of the molecule is C=C(C)C(=O)Oc1sccc1OCC. The maximum absolute atomic E-state index is 11.2. The van der Waals surface area contributed by atoms with Crippen molar-refractivity contribution < 1.29 is 14.3 Å². The molecule has 3 nitrogen and oxygen atoms in total. The summed E-state index contributed by atoms with van der Waals surface area (Å²) in [4.78, 5) is 11.2. The third-order valence-corrected chi connectivity index (χ3v) is 2.20. The number of carbonyl (C=O) groups excluding carboxylic acids is 1. The molecule has 0 saturated heterocycles. The fourth-order valence-corrected chi connectivity index (χ4v) is 1.47. The molecule has 0 aromatic carbocycles. The van der Waals surface area contributed by atoms with Crippen LogP contribution in [0.2, 0.25) is 0 Å². The molecule has 14 heavy (non-hydrogen) atoms. The summed E-state index contributed by atoms with van der Waals surface area (Å²) in [5, 5.41) is 2.30. The number of esters is 1. The van der Waals surface area contributed by atoms with E-state index >= 15 is 0 Å². The Labute approximate surface area is 87.0 Å². The fraction of sp³-hybridized carbons (Fsp3) is 0.300. The van der Waals surface area contributed by atoms with Crippen LogP contribution in [-0.2, 0) is 4.79 Å². The average Bonchev–Trinajstić information content (AvgIpc) is 2.53. The summed E-state index contributed by atoms with van der Waals surface area (Å²) in [5.74, 6) is 0.181. The lowest BCUT2D eigenvalue weighted by Gasteiger charge is -2.04. The minimum atomic E-state index is -0.423. The Balaban J connectivity index is 2.71. The van der Waals surface area contributed by atoms with E-state index in [9.17, 15) is 4.79 Å². The summed E-state index contributed by atoms with van der Waals surface area (Å²) in [6.07, 6.45) is 0. The lowest BCUT2D eigenvalue weighted by atomic mass is 10.4. The van der Waals surface area contributed by atoms with Gasteiger partial charge in [0, 0.05) is 5.57 Å². The molecule has 0 radical (unpaired) electrons. The number of carbonyl (C=O) groups is 1. The molecule has 0 N–H and O–H groups in total. The molecule has 1 rings (SSSR count). The fourth-order valence-electron chi connectivity index (χ4n) is 0.792. The molecule has 0 amide bonds. The minimum Gasteiger partial charge on any atom is -0.489 e. The van der Waals surface area contributed by atoms with Crippen molar-refractivity contribution in [3.63, 3.8) is 0 Å². The zero-order valence-electron chi connectivity index (χ0n) is 8.20. The zero-order valence-corrected chi connectivity index (χ0v) is 9.02. The second-order valence-corrected chi connectivity index (χ2v) is 3.55. The molecule has 0 atom stereocenters. The summed E-state index contributed by atoms with van der Waals surface area (Å²) in [7, 11) is 0. The Morgan fingerprint density at radius 1 is 1.64 bits per heavy atom. The van der Waals surface area contributed by atoms with Crippen LogP contribution >= 0.6 is 11.3 Å². The molecule has 0 bridgehead atoms. The highest BCUT2D eigenvalue weighted by atomic mass is 32.1. The van der Waals surface area contributed by atoms with Gasteiger partial charge in [0.2, 0.25) is 5.06 Å². The Bertz CT molecular complexity index is 341. The molecule has 0 aliphatic heterocycles. The average molecular weight is 212 g/mol. The molecule has 0 fully saturated rings. The summed E-state index contributed by atoms with van der Waals surface area (Å²) in [6, 6.07) is 1.77. The van der Waals surface area contributed by atoms with Crippen LogP contribution in [0, 0.1) is 0 Å². The monoisotopic (exact) mass is 212 g/mol. The van der Waals surface area contributed by atoms with E-state index in [2.05, 4.69) is 6.58 Å². The first-order valence-electron chi connectivity index (χ1n) is 4.23. The van der Waals surface area contributed by atoms with Gasteiger partial charge in [-0.2, -0.15) is 0 Å². The molecular formula is C10H12O3S. The molecule has 0 spiro atoms. The van der Waals surface area contributed by atoms with E-state index in [0.717, 1.165) is 0 Å². The Hall–Kier alpha value is -1.29. The molecule has 76 valence electrons. The summed E-state index contributed by atoms with van der Waals surface area (Å²) in [6.45, 7) is 7.53. The van der Waals surface area contributed by atoms with Crippen molar-refractivity contribution in [1.29, 1.82) is 0 Å². The Kier molecular flexibility index (Phi) is 3.71. The highest BCUT2D eigenvalue weighted by molar-refractivity contribution is 7.12. The minimum absolute atomic E-state index is 0.376. The van der Waals surface area contributed by atoms with Gasteiger partial charge >= 0.3 is 5.97 Å². The topological polar surface area (TPSA) is 35.5 Å². The third-order valence-electron chi connectivity index (χ3n) is 1.43. The molecule has 4 heteroatoms. The molecule has 1 aromatic heterocycles. The number of thiophene rings is 1. The van der Waals surface area contributed by atoms with Gasteiger partial charge in [-0.1, -0.05) is 6.58 Å². The number of rotatable bonds is 4. The molecule has 1 heterocycles. The number of hydrogen-bond acceptors (Lipinski definition) is 4. The second kappa shape index (κ2) is 4.81. The van der Waals surface area contributed by atoms with Crippen LogP contribution in [0.1, 0.15) is 13.8 Å². The standard InChI is InChI=1S/C10H12O3S/c1-4-12-8-5-6-14-10(8)13-9(11)7(2)3/h5-6H,2,4H2,1,3H3. The van der Waals surface area contributed by atoms with Crippen LogP contribution in [-0.4, -0.2) is 12.6 Å². The van der Waals surface area contributed by atoms with E-state index in [0.29, 0.717) is 23.0 Å². The van der Waals surface area contributed by atoms with Gasteiger partial charge in [-0.15, -0.1) is 11.3 Å². The normalized spacial score (nSPS) is 9.57. The van der Waals surface area contributed by atoms with Crippen LogP contribution in [0.15, 0.2) is 23.6 Å². The van der Waals surface area contributed by atoms with E-state index < -0.39 is 5.97 Å². The largest absolute Gasteiger partial charge is 0.489 e. The number of ether oxygens (including phenoxy) is 2. The highest BCUT2D eigenvalue weighted by Crippen LogP contribution is 2.33. The Morgan fingerprint density at radius 2 is 2.36 bits per heavy atom. The second-order valence-electron chi connectivity index (χ2n) is 2.68. The smallest absolute Gasteiger partial charge is 0.339 e. The summed E-state index contributed by atoms with van der Waals surface area (Å²) < 4.78 is 10.3. The first-order chi connectivity index (χ1) is 6.65. The van der Waals surface area contributed by atoms with Crippen molar-refractivity contribution in [3.05, 3.63) is 23.6 Å². The quantitative estimate of drug-likeness (QED) is 0.568. The summed E-state index contributed by atoms with van der Waals surface area (Å²) in [5.41, 5.74) is 0.376. The Morgan fingerprint density at radius 3 is 2.93 bits per heavy atom. The lowest BCUT2D eigenvalue weighted by Crippen LogP contribution is -2.08. The van der Waals surface area contributed by atoms with Crippen molar-refractivity contribution in [2.75, 3.05) is 6.61 Å². The molecule has 1 aromatic rings. The third kappa shape index (κ3) is 2.60. The summed E-state index contributed by atoms with van der Waals surface area (Å²) >= 11 is 1.33. The lowest BCUT2D eigenvalue weighted by molar-refractivity contribution is -0.129. The van der Waals surface area contributed by atoms with E-state index in [1.54, 1.807) is 13.0 Å². The van der Waals surface area contributed by atoms with Gasteiger partial charge in [0.15, 0.2) is 5.75 Å². The van der Waals surface area contributed by atoms with Gasteiger partial charge in [-0.25, -0.2) is 4.79 Å². The van der Waals surface area contributed by atoms with E-state index in [-0.39, 0.29) is 0 Å². The van der Waals surface area contributed by atoms with Gasteiger partial charge in [-0.05, 0) is 25.3 Å². The molecule has 0 saturated carbocycles. The predicted octanol–water partition coefficient (Wildman–Crippen LogP) is 2.63. The van der Waals surface area contributed by atoms with Crippen molar-refractivity contribution in [1.82, 2.24) is 0 Å². The maximum atomic E-state index is 11.2. The highest BCUT2D eigenvalue weighted by Gasteiger charge is 2.11. The van der Waals surface area contributed by atoms with Crippen molar-refractivity contribution in [2.24, 2.45) is 0 Å². The van der Waals surface area contributed by atoms with Gasteiger partial charge in [-0.3, -0.25) is 0 Å². The molecule has 0 aliphatic carbocycles.